The Balaban J connectivity index is 1.86. The van der Waals surface area contributed by atoms with Gasteiger partial charge in [-0.1, -0.05) is 23.4 Å². The summed E-state index contributed by atoms with van der Waals surface area (Å²) in [7, 11) is 0. The second-order valence-corrected chi connectivity index (χ2v) is 4.75. The average Bonchev–Trinajstić information content (AvgIpc) is 2.84. The SMILES string of the molecule is O=C(O)CSc1nnc(COc2ccc(Cl)cc2)o1. The molecule has 0 spiro atoms. The monoisotopic (exact) mass is 300 g/mol. The number of aliphatic carboxylic acids is 1. The van der Waals surface area contributed by atoms with E-state index in [9.17, 15) is 4.79 Å². The second-order valence-electron chi connectivity index (χ2n) is 3.39. The molecule has 0 fully saturated rings. The molecule has 1 heterocycles. The molecule has 1 aromatic heterocycles. The zero-order valence-electron chi connectivity index (χ0n) is 9.58. The molecule has 0 aliphatic rings. The zero-order valence-corrected chi connectivity index (χ0v) is 11.1. The Morgan fingerprint density at radius 2 is 2.11 bits per heavy atom. The summed E-state index contributed by atoms with van der Waals surface area (Å²) in [5.41, 5.74) is 0. The van der Waals surface area contributed by atoms with E-state index in [2.05, 4.69) is 10.2 Å². The van der Waals surface area contributed by atoms with Crippen molar-refractivity contribution >= 4 is 29.3 Å². The van der Waals surface area contributed by atoms with Gasteiger partial charge in [-0.15, -0.1) is 10.2 Å². The number of carboxylic acids is 1. The van der Waals surface area contributed by atoms with E-state index in [0.717, 1.165) is 11.8 Å². The molecule has 2 rings (SSSR count). The molecule has 100 valence electrons. The van der Waals surface area contributed by atoms with Gasteiger partial charge in [0.15, 0.2) is 6.61 Å². The van der Waals surface area contributed by atoms with Crippen LogP contribution in [0.15, 0.2) is 33.9 Å². The van der Waals surface area contributed by atoms with Crippen LogP contribution >= 0.6 is 23.4 Å². The second kappa shape index (κ2) is 6.44. The fourth-order valence-corrected chi connectivity index (χ4v) is 1.78. The minimum Gasteiger partial charge on any atom is -0.484 e. The van der Waals surface area contributed by atoms with Crippen LogP contribution in [-0.2, 0) is 11.4 Å². The number of thioether (sulfide) groups is 1. The van der Waals surface area contributed by atoms with Crippen molar-refractivity contribution in [3.05, 3.63) is 35.2 Å². The smallest absolute Gasteiger partial charge is 0.314 e. The summed E-state index contributed by atoms with van der Waals surface area (Å²) in [4.78, 5) is 10.4. The Hall–Kier alpha value is -1.73. The highest BCUT2D eigenvalue weighted by molar-refractivity contribution is 7.99. The fraction of sp³-hybridized carbons (Fsp3) is 0.182. The molecule has 8 heteroatoms. The van der Waals surface area contributed by atoms with Crippen LogP contribution in [0, 0.1) is 0 Å². The van der Waals surface area contributed by atoms with Gasteiger partial charge in [-0.05, 0) is 24.3 Å². The first-order chi connectivity index (χ1) is 9.13. The molecule has 2 aromatic rings. The number of hydrogen-bond donors (Lipinski definition) is 1. The molecule has 1 N–H and O–H groups in total. The summed E-state index contributed by atoms with van der Waals surface area (Å²) in [6.07, 6.45) is 0. The van der Waals surface area contributed by atoms with Crippen LogP contribution in [0.3, 0.4) is 0 Å². The van der Waals surface area contributed by atoms with Crippen molar-refractivity contribution in [2.45, 2.75) is 11.8 Å². The highest BCUT2D eigenvalue weighted by Gasteiger charge is 2.09. The maximum Gasteiger partial charge on any atom is 0.314 e. The van der Waals surface area contributed by atoms with Gasteiger partial charge in [0.05, 0.1) is 0 Å². The number of carbonyl (C=O) groups is 1. The van der Waals surface area contributed by atoms with Crippen molar-refractivity contribution in [1.82, 2.24) is 10.2 Å². The van der Waals surface area contributed by atoms with E-state index >= 15 is 0 Å². The van der Waals surface area contributed by atoms with E-state index in [1.807, 2.05) is 0 Å². The quantitative estimate of drug-likeness (QED) is 0.820. The lowest BCUT2D eigenvalue weighted by molar-refractivity contribution is -0.133. The molecule has 0 amide bonds. The molecule has 19 heavy (non-hydrogen) atoms. The molecule has 1 aromatic carbocycles. The summed E-state index contributed by atoms with van der Waals surface area (Å²) in [6.45, 7) is 0.113. The van der Waals surface area contributed by atoms with Crippen molar-refractivity contribution in [1.29, 1.82) is 0 Å². The molecule has 0 radical (unpaired) electrons. The highest BCUT2D eigenvalue weighted by atomic mass is 35.5. The van der Waals surface area contributed by atoms with Crippen LogP contribution in [0.1, 0.15) is 5.89 Å². The lowest BCUT2D eigenvalue weighted by Crippen LogP contribution is -1.97. The minimum atomic E-state index is -0.942. The Morgan fingerprint density at radius 1 is 1.37 bits per heavy atom. The van der Waals surface area contributed by atoms with Crippen molar-refractivity contribution in [2.75, 3.05) is 5.75 Å². The minimum absolute atomic E-state index is 0.113. The maximum atomic E-state index is 10.4. The Labute approximate surface area is 117 Å². The molecule has 0 saturated heterocycles. The van der Waals surface area contributed by atoms with E-state index in [0.29, 0.717) is 10.8 Å². The topological polar surface area (TPSA) is 85.5 Å². The molecule has 0 bridgehead atoms. The standard InChI is InChI=1S/C11H9ClN2O4S/c12-7-1-3-8(4-2-7)17-5-9-13-14-11(18-9)19-6-10(15)16/h1-4H,5-6H2,(H,15,16). The maximum absolute atomic E-state index is 10.4. The van der Waals surface area contributed by atoms with Crippen LogP contribution in [0.5, 0.6) is 5.75 Å². The summed E-state index contributed by atoms with van der Waals surface area (Å²) >= 11 is 6.71. The normalized spacial score (nSPS) is 10.4. The van der Waals surface area contributed by atoms with Crippen molar-refractivity contribution < 1.29 is 19.1 Å². The van der Waals surface area contributed by atoms with Crippen molar-refractivity contribution in [3.63, 3.8) is 0 Å². The lowest BCUT2D eigenvalue weighted by Gasteiger charge is -2.02. The fourth-order valence-electron chi connectivity index (χ4n) is 1.15. The van der Waals surface area contributed by atoms with Gasteiger partial charge in [0.25, 0.3) is 11.1 Å². The highest BCUT2D eigenvalue weighted by Crippen LogP contribution is 2.18. The zero-order chi connectivity index (χ0) is 13.7. The third kappa shape index (κ3) is 4.46. The van der Waals surface area contributed by atoms with Gasteiger partial charge in [-0.2, -0.15) is 0 Å². The molecule has 6 nitrogen and oxygen atoms in total. The van der Waals surface area contributed by atoms with E-state index in [-0.39, 0.29) is 23.5 Å². The lowest BCUT2D eigenvalue weighted by atomic mass is 10.3. The third-order valence-corrected chi connectivity index (χ3v) is 3.00. The van der Waals surface area contributed by atoms with E-state index in [1.165, 1.54) is 0 Å². The number of halogens is 1. The van der Waals surface area contributed by atoms with Gasteiger partial charge in [0.2, 0.25) is 0 Å². The molecule has 0 aliphatic carbocycles. The first-order valence-electron chi connectivity index (χ1n) is 5.19. The van der Waals surface area contributed by atoms with Crippen LogP contribution < -0.4 is 4.74 Å². The van der Waals surface area contributed by atoms with Crippen LogP contribution in [0.25, 0.3) is 0 Å². The van der Waals surface area contributed by atoms with E-state index in [1.54, 1.807) is 24.3 Å². The Bertz CT molecular complexity index is 558. The average molecular weight is 301 g/mol. The molecular weight excluding hydrogens is 292 g/mol. The number of nitrogens with zero attached hydrogens (tertiary/aromatic N) is 2. The Kier molecular flexibility index (Phi) is 4.64. The predicted octanol–water partition coefficient (Wildman–Crippen LogP) is 2.48. The first kappa shape index (κ1) is 13.7. The predicted molar refractivity (Wildman–Crippen MR) is 68.4 cm³/mol. The first-order valence-corrected chi connectivity index (χ1v) is 6.55. The summed E-state index contributed by atoms with van der Waals surface area (Å²) in [5, 5.41) is 16.8. The summed E-state index contributed by atoms with van der Waals surface area (Å²) < 4.78 is 10.6. The summed E-state index contributed by atoms with van der Waals surface area (Å²) in [5.74, 6) is -0.160. The van der Waals surface area contributed by atoms with Gasteiger partial charge < -0.3 is 14.3 Å². The number of aromatic nitrogens is 2. The number of carboxylic acid groups (broad SMARTS) is 1. The van der Waals surface area contributed by atoms with Gasteiger partial charge >= 0.3 is 5.97 Å². The third-order valence-electron chi connectivity index (χ3n) is 1.94. The number of rotatable bonds is 6. The van der Waals surface area contributed by atoms with Gasteiger partial charge in [-0.25, -0.2) is 0 Å². The van der Waals surface area contributed by atoms with Crippen molar-refractivity contribution in [3.8, 4) is 5.75 Å². The van der Waals surface area contributed by atoms with Crippen LogP contribution in [-0.4, -0.2) is 27.0 Å². The number of ether oxygens (including phenoxy) is 1. The van der Waals surface area contributed by atoms with Gasteiger partial charge in [0, 0.05) is 5.02 Å². The van der Waals surface area contributed by atoms with Gasteiger partial charge in [0.1, 0.15) is 11.5 Å². The summed E-state index contributed by atoms with van der Waals surface area (Å²) in [6, 6.07) is 6.86. The van der Waals surface area contributed by atoms with Crippen LogP contribution in [0.2, 0.25) is 5.02 Å². The molecule has 0 saturated carbocycles. The van der Waals surface area contributed by atoms with E-state index in [4.69, 9.17) is 25.9 Å². The molecular formula is C11H9ClN2O4S. The van der Waals surface area contributed by atoms with Crippen molar-refractivity contribution in [2.24, 2.45) is 0 Å². The number of benzene rings is 1. The van der Waals surface area contributed by atoms with Gasteiger partial charge in [-0.3, -0.25) is 4.79 Å². The van der Waals surface area contributed by atoms with E-state index < -0.39 is 5.97 Å². The largest absolute Gasteiger partial charge is 0.484 e. The molecule has 0 unspecified atom stereocenters. The Morgan fingerprint density at radius 3 is 2.79 bits per heavy atom. The number of hydrogen-bond acceptors (Lipinski definition) is 6. The molecule has 0 aliphatic heterocycles. The van der Waals surface area contributed by atoms with Crippen LogP contribution in [0.4, 0.5) is 0 Å². The molecule has 0 atom stereocenters.